The van der Waals surface area contributed by atoms with E-state index in [2.05, 4.69) is 10.6 Å². The molecule has 0 aliphatic carbocycles. The number of carbonyl (C=O) groups excluding carboxylic acids is 4. The average Bonchev–Trinajstić information content (AvgIpc) is 3.34. The minimum atomic E-state index is -1.98. The molecule has 0 bridgehead atoms. The summed E-state index contributed by atoms with van der Waals surface area (Å²) in [5.74, 6) is -6.88. The summed E-state index contributed by atoms with van der Waals surface area (Å²) in [4.78, 5) is 66.5. The summed E-state index contributed by atoms with van der Waals surface area (Å²) in [5, 5.41) is 18.0. The third-order valence-electron chi connectivity index (χ3n) is 8.63. The Labute approximate surface area is 283 Å². The quantitative estimate of drug-likeness (QED) is 0.129. The zero-order chi connectivity index (χ0) is 35.4. The molecule has 1 heterocycles. The molecule has 4 aromatic carbocycles. The number of Topliss-reactive ketones (excluding diaryl/α,β-unsaturated/α-hetero) is 2. The second-order valence-corrected chi connectivity index (χ2v) is 12.3. The zero-order valence-electron chi connectivity index (χ0n) is 27.6. The Balaban J connectivity index is 1.35. The summed E-state index contributed by atoms with van der Waals surface area (Å²) in [7, 11) is 1.73. The fourth-order valence-corrected chi connectivity index (χ4v) is 5.99. The van der Waals surface area contributed by atoms with Crippen molar-refractivity contribution in [3.05, 3.63) is 108 Å². The molecule has 5 aromatic rings. The summed E-state index contributed by atoms with van der Waals surface area (Å²) >= 11 is 0. The number of ether oxygens (including phenoxy) is 1. The van der Waals surface area contributed by atoms with E-state index in [-0.39, 0.29) is 11.3 Å². The predicted octanol–water partition coefficient (Wildman–Crippen LogP) is 4.89. The van der Waals surface area contributed by atoms with Crippen LogP contribution in [0.1, 0.15) is 40.3 Å². The van der Waals surface area contributed by atoms with Crippen molar-refractivity contribution in [2.24, 2.45) is 24.6 Å². The maximum atomic E-state index is 13.8. The Hall–Kier alpha value is -5.81. The molecule has 49 heavy (non-hydrogen) atoms. The lowest BCUT2D eigenvalue weighted by atomic mass is 9.85. The smallest absolute Gasteiger partial charge is 0.316 e. The lowest BCUT2D eigenvalue weighted by Crippen LogP contribution is -2.55. The first-order chi connectivity index (χ1) is 23.4. The molecule has 0 fully saturated rings. The van der Waals surface area contributed by atoms with Gasteiger partial charge in [-0.1, -0.05) is 74.5 Å². The van der Waals surface area contributed by atoms with Crippen molar-refractivity contribution in [3.8, 4) is 5.75 Å². The maximum Gasteiger partial charge on any atom is 0.316 e. The topological polar surface area (TPSA) is 170 Å². The van der Waals surface area contributed by atoms with E-state index in [4.69, 9.17) is 10.5 Å². The Morgan fingerprint density at radius 2 is 1.47 bits per heavy atom. The SMILES string of the molecule is Cc1c(C(=O)N[C@H](C(=O)C(C(=O)O)C(N)C(=O)COc2cc3ccccc3cc2C(=O)Nc2ccccc2)C(C)C)n(C)c2ccccc12. The molecule has 5 N–H and O–H groups in total. The number of nitrogens with two attached hydrogens (primary N) is 1. The monoisotopic (exact) mass is 662 g/mol. The van der Waals surface area contributed by atoms with Crippen molar-refractivity contribution >= 4 is 56.7 Å². The molecule has 11 nitrogen and oxygen atoms in total. The number of ketones is 2. The van der Waals surface area contributed by atoms with E-state index in [0.717, 1.165) is 21.7 Å². The average molecular weight is 663 g/mol. The number of nitrogens with one attached hydrogen (secondary N) is 2. The number of fused-ring (bicyclic) bond motifs is 2. The van der Waals surface area contributed by atoms with Gasteiger partial charge in [-0.15, -0.1) is 0 Å². The summed E-state index contributed by atoms with van der Waals surface area (Å²) < 4.78 is 7.53. The lowest BCUT2D eigenvalue weighted by molar-refractivity contribution is -0.150. The van der Waals surface area contributed by atoms with Gasteiger partial charge in [0.1, 0.15) is 24.0 Å². The van der Waals surface area contributed by atoms with E-state index in [9.17, 15) is 29.1 Å². The van der Waals surface area contributed by atoms with E-state index in [1.165, 1.54) is 0 Å². The number of aliphatic carboxylic acids is 1. The van der Waals surface area contributed by atoms with Gasteiger partial charge >= 0.3 is 5.97 Å². The number of amides is 2. The number of carbonyl (C=O) groups is 5. The Bertz CT molecular complexity index is 2030. The van der Waals surface area contributed by atoms with Gasteiger partial charge in [-0.3, -0.25) is 24.0 Å². The van der Waals surface area contributed by atoms with Gasteiger partial charge in [-0.2, -0.15) is 0 Å². The Kier molecular flexibility index (Phi) is 10.2. The second-order valence-electron chi connectivity index (χ2n) is 12.3. The highest BCUT2D eigenvalue weighted by Crippen LogP contribution is 2.28. The second kappa shape index (κ2) is 14.5. The summed E-state index contributed by atoms with van der Waals surface area (Å²) in [6.45, 7) is 4.41. The van der Waals surface area contributed by atoms with Crippen LogP contribution in [0.5, 0.6) is 5.75 Å². The van der Waals surface area contributed by atoms with Crippen molar-refractivity contribution in [2.75, 3.05) is 11.9 Å². The van der Waals surface area contributed by atoms with Crippen LogP contribution in [-0.2, 0) is 21.4 Å². The first kappa shape index (κ1) is 34.5. The molecule has 0 spiro atoms. The van der Waals surface area contributed by atoms with Gasteiger partial charge in [0.2, 0.25) is 0 Å². The highest BCUT2D eigenvalue weighted by molar-refractivity contribution is 6.10. The summed E-state index contributed by atoms with van der Waals surface area (Å²) in [6, 6.07) is 23.7. The molecular formula is C38H38N4O7. The van der Waals surface area contributed by atoms with Crippen LogP contribution in [0.2, 0.25) is 0 Å². The summed E-state index contributed by atoms with van der Waals surface area (Å²) in [5.41, 5.74) is 8.71. The number of nitrogens with zero attached hydrogens (tertiary/aromatic N) is 1. The van der Waals surface area contributed by atoms with Crippen molar-refractivity contribution in [2.45, 2.75) is 32.9 Å². The van der Waals surface area contributed by atoms with E-state index >= 15 is 0 Å². The standard InChI is InChI=1S/C38H38N4O7/c1-21(2)33(41-37(46)34-22(3)26-16-10-11-17-28(26)42(34)4)35(44)31(38(47)48)32(39)29(43)20-49-30-19-24-13-9-8-12-23(24)18-27(30)36(45)40-25-14-6-5-7-15-25/h5-19,21,31-33H,20,39H2,1-4H3,(H,40,45)(H,41,46)(H,47,48)/t31?,32?,33-/m0/s1. The third kappa shape index (κ3) is 7.21. The number of carboxylic acids is 1. The number of benzene rings is 4. The third-order valence-corrected chi connectivity index (χ3v) is 8.63. The number of carboxylic acid groups (broad SMARTS) is 1. The van der Waals surface area contributed by atoms with Crippen LogP contribution in [0.15, 0.2) is 91.0 Å². The van der Waals surface area contributed by atoms with Gasteiger partial charge in [0.05, 0.1) is 17.6 Å². The maximum absolute atomic E-state index is 13.8. The van der Waals surface area contributed by atoms with Crippen LogP contribution in [-0.4, -0.2) is 57.7 Å². The Morgan fingerprint density at radius 1 is 0.857 bits per heavy atom. The van der Waals surface area contributed by atoms with Crippen LogP contribution < -0.4 is 21.1 Å². The molecular weight excluding hydrogens is 624 g/mol. The normalized spacial score (nSPS) is 13.1. The van der Waals surface area contributed by atoms with Crippen molar-refractivity contribution in [1.82, 2.24) is 9.88 Å². The fraction of sp³-hybridized carbons (Fsp3) is 0.237. The van der Waals surface area contributed by atoms with E-state index in [1.54, 1.807) is 68.8 Å². The molecule has 2 amide bonds. The molecule has 3 atom stereocenters. The zero-order valence-corrected chi connectivity index (χ0v) is 27.6. The first-order valence-electron chi connectivity index (χ1n) is 15.8. The van der Waals surface area contributed by atoms with Crippen LogP contribution >= 0.6 is 0 Å². The molecule has 11 heteroatoms. The lowest BCUT2D eigenvalue weighted by Gasteiger charge is -2.27. The van der Waals surface area contributed by atoms with E-state index in [1.807, 2.05) is 54.6 Å². The van der Waals surface area contributed by atoms with Gasteiger partial charge in [0, 0.05) is 23.6 Å². The van der Waals surface area contributed by atoms with E-state index < -0.39 is 59.9 Å². The van der Waals surface area contributed by atoms with Crippen molar-refractivity contribution in [3.63, 3.8) is 0 Å². The van der Waals surface area contributed by atoms with Crippen molar-refractivity contribution < 1.29 is 33.8 Å². The minimum absolute atomic E-state index is 0.0727. The number of rotatable bonds is 13. The van der Waals surface area contributed by atoms with Crippen LogP contribution in [0, 0.1) is 18.8 Å². The number of hydrogen-bond acceptors (Lipinski definition) is 7. The fourth-order valence-electron chi connectivity index (χ4n) is 5.99. The van der Waals surface area contributed by atoms with Crippen LogP contribution in [0.4, 0.5) is 5.69 Å². The number of hydrogen-bond donors (Lipinski definition) is 4. The molecule has 0 saturated heterocycles. The number of aromatic nitrogens is 1. The molecule has 0 aliphatic rings. The molecule has 2 unspecified atom stereocenters. The summed E-state index contributed by atoms with van der Waals surface area (Å²) in [6.07, 6.45) is 0. The molecule has 0 aliphatic heterocycles. The first-order valence-corrected chi connectivity index (χ1v) is 15.8. The Morgan fingerprint density at radius 3 is 2.10 bits per heavy atom. The molecule has 0 saturated carbocycles. The predicted molar refractivity (Wildman–Crippen MR) is 187 cm³/mol. The highest BCUT2D eigenvalue weighted by atomic mass is 16.5. The van der Waals surface area contributed by atoms with Gasteiger partial charge in [0.15, 0.2) is 11.6 Å². The molecule has 0 radical (unpaired) electrons. The highest BCUT2D eigenvalue weighted by Gasteiger charge is 2.42. The molecule has 252 valence electrons. The number of anilines is 1. The number of para-hydroxylation sites is 2. The number of aryl methyl sites for hydroxylation is 2. The van der Waals surface area contributed by atoms with Gasteiger partial charge < -0.3 is 30.8 Å². The largest absolute Gasteiger partial charge is 0.485 e. The molecule has 5 rings (SSSR count). The van der Waals surface area contributed by atoms with Gasteiger partial charge in [0.25, 0.3) is 11.8 Å². The van der Waals surface area contributed by atoms with Crippen LogP contribution in [0.3, 0.4) is 0 Å². The molecule has 1 aromatic heterocycles. The van der Waals surface area contributed by atoms with Gasteiger partial charge in [-0.25, -0.2) is 0 Å². The van der Waals surface area contributed by atoms with Gasteiger partial charge in [-0.05, 0) is 59.5 Å². The van der Waals surface area contributed by atoms with Crippen molar-refractivity contribution in [1.29, 1.82) is 0 Å². The minimum Gasteiger partial charge on any atom is -0.485 e. The van der Waals surface area contributed by atoms with E-state index in [0.29, 0.717) is 16.9 Å². The van der Waals surface area contributed by atoms with Crippen LogP contribution in [0.25, 0.3) is 21.7 Å².